The van der Waals surface area contributed by atoms with Crippen molar-refractivity contribution in [1.82, 2.24) is 0 Å². The zero-order valence-corrected chi connectivity index (χ0v) is 11.6. The maximum atomic E-state index is 10.8. The molecule has 17 heavy (non-hydrogen) atoms. The molecule has 5 atom stereocenters. The van der Waals surface area contributed by atoms with E-state index in [0.29, 0.717) is 11.8 Å². The fourth-order valence-electron chi connectivity index (χ4n) is 5.86. The van der Waals surface area contributed by atoms with Crippen molar-refractivity contribution in [3.8, 4) is 0 Å². The fraction of sp³-hybridized carbons (Fsp3) is 1.00. The molecule has 0 radical (unpaired) electrons. The van der Waals surface area contributed by atoms with Crippen LogP contribution in [-0.2, 0) is 0 Å². The third-order valence-electron chi connectivity index (χ3n) is 6.85. The Kier molecular flexibility index (Phi) is 2.05. The summed E-state index contributed by atoms with van der Waals surface area (Å²) in [6, 6.07) is 0. The van der Waals surface area contributed by atoms with E-state index in [9.17, 15) is 10.2 Å². The summed E-state index contributed by atoms with van der Waals surface area (Å²) in [4.78, 5) is 0. The predicted octanol–water partition coefficient (Wildman–Crippen LogP) is 2.72. The van der Waals surface area contributed by atoms with Crippen molar-refractivity contribution in [1.29, 1.82) is 0 Å². The van der Waals surface area contributed by atoms with Gasteiger partial charge in [0.15, 0.2) is 0 Å². The minimum atomic E-state index is -0.533. The van der Waals surface area contributed by atoms with E-state index >= 15 is 0 Å². The minimum Gasteiger partial charge on any atom is -0.390 e. The van der Waals surface area contributed by atoms with Gasteiger partial charge in [0.05, 0.1) is 11.2 Å². The van der Waals surface area contributed by atoms with Gasteiger partial charge in [-0.2, -0.15) is 0 Å². The summed E-state index contributed by atoms with van der Waals surface area (Å²) in [7, 11) is 0. The van der Waals surface area contributed by atoms with Crippen LogP contribution in [0, 0.1) is 22.7 Å². The van der Waals surface area contributed by atoms with E-state index in [1.165, 1.54) is 0 Å². The van der Waals surface area contributed by atoms with Crippen LogP contribution in [0.5, 0.6) is 0 Å². The van der Waals surface area contributed by atoms with Crippen molar-refractivity contribution < 1.29 is 10.2 Å². The second-order valence-electron chi connectivity index (χ2n) is 7.96. The molecule has 0 aromatic carbocycles. The number of rotatable bonds is 0. The Morgan fingerprint density at radius 3 is 2.18 bits per heavy atom. The summed E-state index contributed by atoms with van der Waals surface area (Å²) in [5.74, 6) is 0.935. The highest BCUT2D eigenvalue weighted by atomic mass is 16.3. The number of fused-ring (bicyclic) bond motifs is 1. The molecular weight excluding hydrogens is 212 g/mol. The summed E-state index contributed by atoms with van der Waals surface area (Å²) in [6.45, 7) is 8.66. The van der Waals surface area contributed by atoms with E-state index in [1.54, 1.807) is 0 Å². The normalized spacial score (nSPS) is 60.4. The molecule has 0 aromatic rings. The minimum absolute atomic E-state index is 0.0867. The topological polar surface area (TPSA) is 40.5 Å². The van der Waals surface area contributed by atoms with Crippen LogP contribution in [0.2, 0.25) is 0 Å². The van der Waals surface area contributed by atoms with Gasteiger partial charge >= 0.3 is 0 Å². The highest BCUT2D eigenvalue weighted by Gasteiger charge is 2.71. The van der Waals surface area contributed by atoms with Gasteiger partial charge in [-0.25, -0.2) is 0 Å². The summed E-state index contributed by atoms with van der Waals surface area (Å²) in [5, 5.41) is 21.4. The first-order valence-corrected chi connectivity index (χ1v) is 7.08. The molecule has 3 saturated carbocycles. The van der Waals surface area contributed by atoms with Gasteiger partial charge in [0, 0.05) is 5.41 Å². The molecule has 0 amide bonds. The molecule has 1 unspecified atom stereocenters. The third kappa shape index (κ3) is 1.19. The molecule has 3 fully saturated rings. The fourth-order valence-corrected chi connectivity index (χ4v) is 5.86. The molecule has 98 valence electrons. The Morgan fingerprint density at radius 1 is 0.882 bits per heavy atom. The summed E-state index contributed by atoms with van der Waals surface area (Å²) < 4.78 is 0. The van der Waals surface area contributed by atoms with Crippen LogP contribution < -0.4 is 0 Å². The predicted molar refractivity (Wildman–Crippen MR) is 67.5 cm³/mol. The lowest BCUT2D eigenvalue weighted by molar-refractivity contribution is -0.113. The van der Waals surface area contributed by atoms with Crippen LogP contribution >= 0.6 is 0 Å². The second kappa shape index (κ2) is 2.91. The van der Waals surface area contributed by atoms with Crippen LogP contribution in [0.15, 0.2) is 0 Å². The average molecular weight is 238 g/mol. The van der Waals surface area contributed by atoms with E-state index in [2.05, 4.69) is 13.8 Å². The van der Waals surface area contributed by atoms with Gasteiger partial charge in [-0.3, -0.25) is 0 Å². The standard InChI is InChI=1S/C15H26O2/c1-12(2)10-5-6-14(4,17)15(10)8-7-13(3,16)11(12)9-15/h10-11,16-17H,5-9H2,1-4H3/t10-,11?,13+,14-,15+/m0/s1. The molecule has 3 aliphatic rings. The quantitative estimate of drug-likeness (QED) is 0.681. The lowest BCUT2D eigenvalue weighted by atomic mass is 9.62. The Hall–Kier alpha value is -0.0800. The van der Waals surface area contributed by atoms with E-state index in [4.69, 9.17) is 0 Å². The van der Waals surface area contributed by atoms with Crippen LogP contribution in [-0.4, -0.2) is 21.4 Å². The molecule has 0 saturated heterocycles. The Bertz CT molecular complexity index is 356. The van der Waals surface area contributed by atoms with Crippen LogP contribution in [0.3, 0.4) is 0 Å². The van der Waals surface area contributed by atoms with Gasteiger partial charge in [-0.15, -0.1) is 0 Å². The van der Waals surface area contributed by atoms with Gasteiger partial charge in [0.1, 0.15) is 0 Å². The first-order valence-electron chi connectivity index (χ1n) is 7.08. The largest absolute Gasteiger partial charge is 0.390 e. The van der Waals surface area contributed by atoms with Gasteiger partial charge in [0.2, 0.25) is 0 Å². The zero-order valence-electron chi connectivity index (χ0n) is 11.6. The highest BCUT2D eigenvalue weighted by molar-refractivity contribution is 5.21. The summed E-state index contributed by atoms with van der Waals surface area (Å²) >= 11 is 0. The monoisotopic (exact) mass is 238 g/mol. The highest BCUT2D eigenvalue weighted by Crippen LogP contribution is 2.74. The van der Waals surface area contributed by atoms with Crippen molar-refractivity contribution in [3.63, 3.8) is 0 Å². The smallest absolute Gasteiger partial charge is 0.0678 e. The van der Waals surface area contributed by atoms with Gasteiger partial charge in [0.25, 0.3) is 0 Å². The maximum absolute atomic E-state index is 10.8. The lowest BCUT2D eigenvalue weighted by Crippen LogP contribution is -2.49. The molecule has 3 rings (SSSR count). The molecule has 0 heterocycles. The summed E-state index contributed by atoms with van der Waals surface area (Å²) in [5.41, 5.74) is -0.792. The van der Waals surface area contributed by atoms with Crippen LogP contribution in [0.25, 0.3) is 0 Å². The molecule has 2 N–H and O–H groups in total. The molecule has 2 nitrogen and oxygen atoms in total. The van der Waals surface area contributed by atoms with Crippen LogP contribution in [0.4, 0.5) is 0 Å². The Balaban J connectivity index is 2.10. The summed E-state index contributed by atoms with van der Waals surface area (Å²) in [6.07, 6.45) is 4.94. The number of hydrogen-bond donors (Lipinski definition) is 2. The first-order chi connectivity index (χ1) is 7.64. The van der Waals surface area contributed by atoms with E-state index in [1.807, 2.05) is 13.8 Å². The molecule has 0 aromatic heterocycles. The molecule has 2 bridgehead atoms. The van der Waals surface area contributed by atoms with Crippen molar-refractivity contribution in [2.24, 2.45) is 22.7 Å². The van der Waals surface area contributed by atoms with Gasteiger partial charge in [-0.05, 0) is 63.2 Å². The van der Waals surface area contributed by atoms with Crippen molar-refractivity contribution in [2.75, 3.05) is 0 Å². The zero-order chi connectivity index (χ0) is 12.7. The molecular formula is C15H26O2. The average Bonchev–Trinajstić information content (AvgIpc) is 2.54. The Labute approximate surface area is 104 Å². The van der Waals surface area contributed by atoms with E-state index in [-0.39, 0.29) is 10.8 Å². The van der Waals surface area contributed by atoms with Crippen molar-refractivity contribution in [2.45, 2.75) is 71.0 Å². The molecule has 0 aliphatic heterocycles. The van der Waals surface area contributed by atoms with Gasteiger partial charge in [-0.1, -0.05) is 13.8 Å². The van der Waals surface area contributed by atoms with E-state index < -0.39 is 11.2 Å². The van der Waals surface area contributed by atoms with Gasteiger partial charge < -0.3 is 10.2 Å². The number of hydrogen-bond acceptors (Lipinski definition) is 2. The number of aliphatic hydroxyl groups is 2. The van der Waals surface area contributed by atoms with Crippen molar-refractivity contribution in [3.05, 3.63) is 0 Å². The van der Waals surface area contributed by atoms with Crippen LogP contribution in [0.1, 0.15) is 59.8 Å². The molecule has 2 heteroatoms. The molecule has 1 spiro atoms. The van der Waals surface area contributed by atoms with E-state index in [0.717, 1.165) is 32.1 Å². The SMILES string of the molecule is CC1(C)C2C[C@]3(CC[C@@]2(C)O)[C@H]1CC[C@]3(C)O. The molecule has 3 aliphatic carbocycles. The lowest BCUT2D eigenvalue weighted by Gasteiger charge is -2.47. The maximum Gasteiger partial charge on any atom is 0.0678 e. The van der Waals surface area contributed by atoms with Crippen molar-refractivity contribution >= 4 is 0 Å². The first kappa shape index (κ1) is 12.0. The Morgan fingerprint density at radius 2 is 1.53 bits per heavy atom. The third-order valence-corrected chi connectivity index (χ3v) is 6.85. The second-order valence-corrected chi connectivity index (χ2v) is 7.96.